The van der Waals surface area contributed by atoms with Crippen LogP contribution in [-0.4, -0.2) is 72.5 Å². The van der Waals surface area contributed by atoms with Crippen LogP contribution in [0, 0.1) is 5.92 Å². The summed E-state index contributed by atoms with van der Waals surface area (Å²) in [6.45, 7) is 9.07. The minimum Gasteiger partial charge on any atom is -0.372 e. The molecule has 0 aliphatic carbocycles. The van der Waals surface area contributed by atoms with E-state index in [1.54, 1.807) is 17.0 Å². The molecule has 0 spiro atoms. The molecule has 0 saturated carbocycles. The Morgan fingerprint density at radius 2 is 1.87 bits per heavy atom. The van der Waals surface area contributed by atoms with E-state index >= 15 is 0 Å². The van der Waals surface area contributed by atoms with Crippen LogP contribution in [0.3, 0.4) is 0 Å². The number of fused-ring (bicyclic) bond motifs is 1. The molecule has 2 heterocycles. The number of ether oxygens (including phenoxy) is 1. The molecule has 1 saturated heterocycles. The number of nitrogens with one attached hydrogen (secondary N) is 1. The predicted octanol–water partition coefficient (Wildman–Crippen LogP) is 2.24. The quantitative estimate of drug-likeness (QED) is 0.727. The van der Waals surface area contributed by atoms with E-state index < -0.39 is 10.2 Å². The molecule has 172 valence electrons. The second-order valence-electron chi connectivity index (χ2n) is 8.93. The van der Waals surface area contributed by atoms with Crippen LogP contribution in [0.1, 0.15) is 43.9 Å². The highest BCUT2D eigenvalue weighted by molar-refractivity contribution is 7.90. The summed E-state index contributed by atoms with van der Waals surface area (Å²) < 4.78 is 36.2. The Kier molecular flexibility index (Phi) is 6.64. The van der Waals surface area contributed by atoms with Gasteiger partial charge in [-0.25, -0.2) is 4.98 Å². The van der Waals surface area contributed by atoms with Gasteiger partial charge in [0.05, 0.1) is 34.5 Å². The van der Waals surface area contributed by atoms with Crippen LogP contribution in [0.2, 0.25) is 0 Å². The molecular weight excluding hydrogens is 418 g/mol. The molecule has 31 heavy (non-hydrogen) atoms. The lowest BCUT2D eigenvalue weighted by molar-refractivity contribution is -0.0585. The number of amides is 1. The maximum Gasteiger partial charge on any atom is 0.301 e. The highest BCUT2D eigenvalue weighted by Crippen LogP contribution is 2.28. The van der Waals surface area contributed by atoms with Crippen molar-refractivity contribution in [1.82, 2.24) is 18.8 Å². The van der Waals surface area contributed by atoms with Crippen molar-refractivity contribution in [3.8, 4) is 0 Å². The Hall–Kier alpha value is -2.17. The molecule has 2 aromatic rings. The number of carbonyl (C=O) groups is 1. The first kappa shape index (κ1) is 23.5. The molecule has 1 aliphatic rings. The maximum absolute atomic E-state index is 13.6. The van der Waals surface area contributed by atoms with Crippen molar-refractivity contribution in [3.63, 3.8) is 0 Å². The van der Waals surface area contributed by atoms with Crippen LogP contribution in [0.4, 0.5) is 5.69 Å². The molecule has 1 N–H and O–H groups in total. The molecule has 9 nitrogen and oxygen atoms in total. The Bertz CT molecular complexity index is 1070. The average molecular weight is 452 g/mol. The van der Waals surface area contributed by atoms with Gasteiger partial charge >= 0.3 is 10.2 Å². The molecule has 1 aliphatic heterocycles. The lowest BCUT2D eigenvalue weighted by Gasteiger charge is -2.35. The number of morpholine rings is 1. The molecule has 1 amide bonds. The number of imidazole rings is 1. The van der Waals surface area contributed by atoms with Gasteiger partial charge < -0.3 is 14.2 Å². The number of carbonyl (C=O) groups excluding carboxylic acids is 1. The van der Waals surface area contributed by atoms with Crippen molar-refractivity contribution < 1.29 is 17.9 Å². The van der Waals surface area contributed by atoms with Gasteiger partial charge in [0.15, 0.2) is 0 Å². The van der Waals surface area contributed by atoms with Gasteiger partial charge in [-0.3, -0.25) is 9.52 Å². The fourth-order valence-electron chi connectivity index (χ4n) is 3.92. The van der Waals surface area contributed by atoms with E-state index in [4.69, 9.17) is 9.72 Å². The van der Waals surface area contributed by atoms with Gasteiger partial charge in [0, 0.05) is 40.7 Å². The number of nitrogens with zero attached hydrogens (tertiary/aromatic N) is 4. The normalized spacial score (nSPS) is 20.1. The van der Waals surface area contributed by atoms with E-state index in [2.05, 4.69) is 18.6 Å². The van der Waals surface area contributed by atoms with Gasteiger partial charge in [0.2, 0.25) is 0 Å². The summed E-state index contributed by atoms with van der Waals surface area (Å²) in [5, 5.41) is 0. The number of aromatic nitrogens is 2. The highest BCUT2D eigenvalue weighted by atomic mass is 32.2. The number of aryl methyl sites for hydroxylation is 1. The lowest BCUT2D eigenvalue weighted by atomic mass is 10.1. The van der Waals surface area contributed by atoms with Gasteiger partial charge in [-0.1, -0.05) is 13.8 Å². The summed E-state index contributed by atoms with van der Waals surface area (Å²) in [4.78, 5) is 20.1. The summed E-state index contributed by atoms with van der Waals surface area (Å²) in [6.07, 6.45) is 0.617. The average Bonchev–Trinajstić information content (AvgIpc) is 2.94. The van der Waals surface area contributed by atoms with E-state index in [0.29, 0.717) is 41.3 Å². The zero-order valence-corrected chi connectivity index (χ0v) is 20.2. The fraction of sp³-hybridized carbons (Fsp3) is 0.619. The highest BCUT2D eigenvalue weighted by Gasteiger charge is 2.29. The maximum atomic E-state index is 13.6. The van der Waals surface area contributed by atoms with Crippen molar-refractivity contribution in [2.24, 2.45) is 13.0 Å². The van der Waals surface area contributed by atoms with Crippen molar-refractivity contribution >= 4 is 32.8 Å². The van der Waals surface area contributed by atoms with E-state index in [0.717, 1.165) is 16.6 Å². The summed E-state index contributed by atoms with van der Waals surface area (Å²) in [6, 6.07) is 3.29. The van der Waals surface area contributed by atoms with Crippen LogP contribution >= 0.6 is 0 Å². The number of hydrogen-bond donors (Lipinski definition) is 1. The van der Waals surface area contributed by atoms with Gasteiger partial charge in [-0.05, 0) is 31.9 Å². The molecule has 0 bridgehead atoms. The first-order valence-electron chi connectivity index (χ1n) is 10.5. The van der Waals surface area contributed by atoms with E-state index in [1.165, 1.54) is 14.1 Å². The Morgan fingerprint density at radius 1 is 1.26 bits per heavy atom. The number of hydrogen-bond acceptors (Lipinski definition) is 5. The first-order chi connectivity index (χ1) is 14.4. The fourth-order valence-corrected chi connectivity index (χ4v) is 4.52. The molecule has 0 unspecified atom stereocenters. The second kappa shape index (κ2) is 8.76. The van der Waals surface area contributed by atoms with Crippen molar-refractivity contribution in [3.05, 3.63) is 23.5 Å². The summed E-state index contributed by atoms with van der Waals surface area (Å²) in [7, 11) is 1.08. The molecule has 10 heteroatoms. The summed E-state index contributed by atoms with van der Waals surface area (Å²) in [5.74, 6) is 1.09. The monoisotopic (exact) mass is 451 g/mol. The first-order valence-corrected chi connectivity index (χ1v) is 12.0. The largest absolute Gasteiger partial charge is 0.372 e. The third-order valence-electron chi connectivity index (χ3n) is 5.32. The molecule has 1 aromatic heterocycles. The molecule has 1 fully saturated rings. The Labute approximate surface area is 184 Å². The third-order valence-corrected chi connectivity index (χ3v) is 6.77. The van der Waals surface area contributed by atoms with Gasteiger partial charge in [-0.15, -0.1) is 0 Å². The SMILES string of the molecule is CC(C)Cc1nc2cc(NS(=O)(=O)N(C)C)cc(C(=O)N3C[C@@H](C)O[C@@H](C)C3)c2n1C. The molecule has 3 rings (SSSR count). The van der Waals surface area contributed by atoms with Gasteiger partial charge in [0.25, 0.3) is 5.91 Å². The predicted molar refractivity (Wildman–Crippen MR) is 121 cm³/mol. The van der Waals surface area contributed by atoms with Crippen LogP contribution in [0.15, 0.2) is 12.1 Å². The zero-order chi connectivity index (χ0) is 23.1. The molecule has 0 radical (unpaired) electrons. The van der Waals surface area contributed by atoms with Crippen molar-refractivity contribution in [2.45, 2.75) is 46.3 Å². The lowest BCUT2D eigenvalue weighted by Crippen LogP contribution is -2.48. The molecule has 1 aromatic carbocycles. The van der Waals surface area contributed by atoms with Crippen LogP contribution in [0.5, 0.6) is 0 Å². The van der Waals surface area contributed by atoms with Crippen molar-refractivity contribution in [1.29, 1.82) is 0 Å². The third kappa shape index (κ3) is 5.02. The van der Waals surface area contributed by atoms with Gasteiger partial charge in [-0.2, -0.15) is 12.7 Å². The minimum absolute atomic E-state index is 0.0679. The standard InChI is InChI=1S/C21H33N5O4S/c1-13(2)8-19-22-18-10-16(23-31(28,29)24(5)6)9-17(20(18)25(19)7)21(27)26-11-14(3)30-15(4)12-26/h9-10,13-15,23H,8,11-12H2,1-7H3/t14-,15+. The molecule has 2 atom stereocenters. The van der Waals surface area contributed by atoms with Crippen molar-refractivity contribution in [2.75, 3.05) is 31.9 Å². The minimum atomic E-state index is -3.72. The Balaban J connectivity index is 2.14. The van der Waals surface area contributed by atoms with Crippen LogP contribution in [0.25, 0.3) is 11.0 Å². The zero-order valence-electron chi connectivity index (χ0n) is 19.3. The summed E-state index contributed by atoms with van der Waals surface area (Å²) >= 11 is 0. The molecular formula is C21H33N5O4S. The van der Waals surface area contributed by atoms with Gasteiger partial charge in [0.1, 0.15) is 5.82 Å². The van der Waals surface area contributed by atoms with Crippen LogP contribution in [-0.2, 0) is 28.4 Å². The Morgan fingerprint density at radius 3 is 2.42 bits per heavy atom. The van der Waals surface area contributed by atoms with E-state index in [1.807, 2.05) is 25.5 Å². The smallest absolute Gasteiger partial charge is 0.301 e. The van der Waals surface area contributed by atoms with E-state index in [-0.39, 0.29) is 18.1 Å². The van der Waals surface area contributed by atoms with Crippen LogP contribution < -0.4 is 4.72 Å². The summed E-state index contributed by atoms with van der Waals surface area (Å²) in [5.41, 5.74) is 2.04. The topological polar surface area (TPSA) is 96.8 Å². The number of anilines is 1. The van der Waals surface area contributed by atoms with E-state index in [9.17, 15) is 13.2 Å². The number of benzene rings is 1. The number of rotatable bonds is 6. The second-order valence-corrected chi connectivity index (χ2v) is 10.8.